The molecule has 1 aliphatic heterocycles. The topological polar surface area (TPSA) is 46.5 Å². The van der Waals surface area contributed by atoms with Gasteiger partial charge in [0.25, 0.3) is 0 Å². The molecule has 1 aromatic carbocycles. The Kier molecular flexibility index (Phi) is 3.09. The molecule has 1 aliphatic rings. The van der Waals surface area contributed by atoms with Gasteiger partial charge < -0.3 is 0 Å². The molecule has 0 spiro atoms. The second kappa shape index (κ2) is 4.19. The van der Waals surface area contributed by atoms with Gasteiger partial charge in [-0.2, -0.15) is 0 Å². The van der Waals surface area contributed by atoms with E-state index >= 15 is 0 Å². The van der Waals surface area contributed by atoms with Crippen LogP contribution in [0.15, 0.2) is 28.1 Å². The Morgan fingerprint density at radius 3 is 2.56 bits per heavy atom. The molecule has 18 heavy (non-hydrogen) atoms. The SMILES string of the molecule is CCCS(=O)(=O)c1cccc2c1C(C)(C)C(C)=N2. The predicted molar refractivity (Wildman–Crippen MR) is 74.6 cm³/mol. The highest BCUT2D eigenvalue weighted by Gasteiger charge is 2.37. The summed E-state index contributed by atoms with van der Waals surface area (Å²) >= 11 is 0. The second-order valence-corrected chi connectivity index (χ2v) is 7.37. The fourth-order valence-corrected chi connectivity index (χ4v) is 4.09. The highest BCUT2D eigenvalue weighted by atomic mass is 32.2. The highest BCUT2D eigenvalue weighted by molar-refractivity contribution is 7.91. The van der Waals surface area contributed by atoms with Gasteiger partial charge >= 0.3 is 0 Å². The van der Waals surface area contributed by atoms with E-state index in [0.717, 1.165) is 17.0 Å². The lowest BCUT2D eigenvalue weighted by atomic mass is 9.82. The largest absolute Gasteiger partial charge is 0.257 e. The van der Waals surface area contributed by atoms with Gasteiger partial charge in [-0.25, -0.2) is 8.42 Å². The first-order valence-electron chi connectivity index (χ1n) is 6.22. The summed E-state index contributed by atoms with van der Waals surface area (Å²) in [7, 11) is -3.20. The Morgan fingerprint density at radius 2 is 1.94 bits per heavy atom. The van der Waals surface area contributed by atoms with Crippen molar-refractivity contribution in [2.45, 2.75) is 44.4 Å². The standard InChI is InChI=1S/C14H19NO2S/c1-5-9-18(16,17)12-8-6-7-11-13(12)14(3,4)10(2)15-11/h6-8H,5,9H2,1-4H3. The van der Waals surface area contributed by atoms with Gasteiger partial charge in [-0.1, -0.05) is 26.8 Å². The van der Waals surface area contributed by atoms with Crippen molar-refractivity contribution in [3.63, 3.8) is 0 Å². The van der Waals surface area contributed by atoms with Gasteiger partial charge in [0.05, 0.1) is 16.3 Å². The van der Waals surface area contributed by atoms with Crippen LogP contribution in [0.1, 0.15) is 39.7 Å². The molecule has 0 unspecified atom stereocenters. The smallest absolute Gasteiger partial charge is 0.178 e. The van der Waals surface area contributed by atoms with Crippen molar-refractivity contribution >= 4 is 21.2 Å². The average molecular weight is 265 g/mol. The Bertz CT molecular complexity index is 613. The minimum atomic E-state index is -3.20. The molecule has 0 saturated carbocycles. The Labute approximate surface area is 109 Å². The van der Waals surface area contributed by atoms with Crippen LogP contribution in [0.3, 0.4) is 0 Å². The van der Waals surface area contributed by atoms with Crippen LogP contribution in [0.4, 0.5) is 5.69 Å². The zero-order chi connectivity index (χ0) is 13.6. The van der Waals surface area contributed by atoms with Gasteiger partial charge in [0.15, 0.2) is 9.84 Å². The fraction of sp³-hybridized carbons (Fsp3) is 0.500. The van der Waals surface area contributed by atoms with Gasteiger partial charge in [-0.3, -0.25) is 4.99 Å². The van der Waals surface area contributed by atoms with E-state index in [0.29, 0.717) is 11.3 Å². The van der Waals surface area contributed by atoms with Crippen molar-refractivity contribution in [2.75, 3.05) is 5.75 Å². The molecular weight excluding hydrogens is 246 g/mol. The number of fused-ring (bicyclic) bond motifs is 1. The Morgan fingerprint density at radius 1 is 1.28 bits per heavy atom. The molecule has 4 heteroatoms. The van der Waals surface area contributed by atoms with Gasteiger partial charge in [-0.15, -0.1) is 0 Å². The average Bonchev–Trinajstić information content (AvgIpc) is 2.50. The number of nitrogens with zero attached hydrogens (tertiary/aromatic N) is 1. The second-order valence-electron chi connectivity index (χ2n) is 5.29. The summed E-state index contributed by atoms with van der Waals surface area (Å²) in [5, 5.41) is 0. The Balaban J connectivity index is 2.68. The summed E-state index contributed by atoms with van der Waals surface area (Å²) in [4.78, 5) is 4.94. The number of sulfone groups is 1. The first-order valence-corrected chi connectivity index (χ1v) is 7.88. The van der Waals surface area contributed by atoms with Crippen molar-refractivity contribution in [2.24, 2.45) is 4.99 Å². The molecule has 0 aliphatic carbocycles. The van der Waals surface area contributed by atoms with Gasteiger partial charge in [0, 0.05) is 16.7 Å². The zero-order valence-electron chi connectivity index (χ0n) is 11.3. The number of rotatable bonds is 3. The first kappa shape index (κ1) is 13.3. The molecule has 0 radical (unpaired) electrons. The van der Waals surface area contributed by atoms with Crippen LogP contribution in [-0.4, -0.2) is 19.9 Å². The molecule has 0 atom stereocenters. The lowest BCUT2D eigenvalue weighted by molar-refractivity contribution is 0.590. The van der Waals surface area contributed by atoms with E-state index in [4.69, 9.17) is 0 Å². The highest BCUT2D eigenvalue weighted by Crippen LogP contribution is 2.43. The maximum Gasteiger partial charge on any atom is 0.178 e. The molecule has 1 heterocycles. The molecule has 0 bridgehead atoms. The summed E-state index contributed by atoms with van der Waals surface area (Å²) < 4.78 is 24.7. The van der Waals surface area contributed by atoms with E-state index < -0.39 is 9.84 Å². The number of aliphatic imine (C=N–C) groups is 1. The van der Waals surface area contributed by atoms with Crippen molar-refractivity contribution in [3.8, 4) is 0 Å². The van der Waals surface area contributed by atoms with E-state index in [1.54, 1.807) is 12.1 Å². The summed E-state index contributed by atoms with van der Waals surface area (Å²) in [6, 6.07) is 5.37. The quantitative estimate of drug-likeness (QED) is 0.842. The number of hydrogen-bond acceptors (Lipinski definition) is 3. The van der Waals surface area contributed by atoms with Crippen molar-refractivity contribution in [1.82, 2.24) is 0 Å². The molecule has 0 saturated heterocycles. The number of hydrogen-bond donors (Lipinski definition) is 0. The summed E-state index contributed by atoms with van der Waals surface area (Å²) in [6.45, 7) is 7.90. The van der Waals surface area contributed by atoms with Crippen LogP contribution < -0.4 is 0 Å². The Hall–Kier alpha value is -1.16. The van der Waals surface area contributed by atoms with E-state index in [9.17, 15) is 8.42 Å². The summed E-state index contributed by atoms with van der Waals surface area (Å²) in [6.07, 6.45) is 0.631. The fourth-order valence-electron chi connectivity index (χ4n) is 2.38. The van der Waals surface area contributed by atoms with Crippen LogP contribution >= 0.6 is 0 Å². The van der Waals surface area contributed by atoms with Gasteiger partial charge in [0.2, 0.25) is 0 Å². The first-order chi connectivity index (χ1) is 8.30. The third-order valence-corrected chi connectivity index (χ3v) is 5.59. The van der Waals surface area contributed by atoms with Crippen LogP contribution in [-0.2, 0) is 15.3 Å². The van der Waals surface area contributed by atoms with Crippen LogP contribution in [0, 0.1) is 0 Å². The van der Waals surface area contributed by atoms with Crippen molar-refractivity contribution < 1.29 is 8.42 Å². The summed E-state index contributed by atoms with van der Waals surface area (Å²) in [5.74, 6) is 0.193. The van der Waals surface area contributed by atoms with Gasteiger partial charge in [-0.05, 0) is 25.5 Å². The third kappa shape index (κ3) is 1.88. The van der Waals surface area contributed by atoms with Crippen LogP contribution in [0.5, 0.6) is 0 Å². The molecule has 0 aromatic heterocycles. The van der Waals surface area contributed by atoms with Crippen molar-refractivity contribution in [1.29, 1.82) is 0 Å². The minimum absolute atomic E-state index is 0.193. The molecule has 3 nitrogen and oxygen atoms in total. The lowest BCUT2D eigenvalue weighted by Gasteiger charge is -2.22. The molecule has 0 N–H and O–H groups in total. The molecular formula is C14H19NO2S. The maximum atomic E-state index is 12.3. The molecule has 0 amide bonds. The van der Waals surface area contributed by atoms with E-state index in [1.807, 2.05) is 33.8 Å². The lowest BCUT2D eigenvalue weighted by Crippen LogP contribution is -2.25. The molecule has 2 rings (SSSR count). The van der Waals surface area contributed by atoms with Crippen molar-refractivity contribution in [3.05, 3.63) is 23.8 Å². The monoisotopic (exact) mass is 265 g/mol. The maximum absolute atomic E-state index is 12.3. The van der Waals surface area contributed by atoms with Crippen LogP contribution in [0.25, 0.3) is 0 Å². The van der Waals surface area contributed by atoms with E-state index in [-0.39, 0.29) is 11.2 Å². The van der Waals surface area contributed by atoms with Crippen LogP contribution in [0.2, 0.25) is 0 Å². The van der Waals surface area contributed by atoms with E-state index in [2.05, 4.69) is 4.99 Å². The number of benzene rings is 1. The molecule has 0 fully saturated rings. The normalized spacial score (nSPS) is 17.4. The third-order valence-electron chi connectivity index (χ3n) is 3.63. The molecule has 1 aromatic rings. The van der Waals surface area contributed by atoms with Gasteiger partial charge in [0.1, 0.15) is 0 Å². The predicted octanol–water partition coefficient (Wildman–Crippen LogP) is 3.25. The van der Waals surface area contributed by atoms with E-state index in [1.165, 1.54) is 0 Å². The zero-order valence-corrected chi connectivity index (χ0v) is 12.1. The minimum Gasteiger partial charge on any atom is -0.257 e. The summed E-state index contributed by atoms with van der Waals surface area (Å²) in [5.41, 5.74) is 2.33. The molecule has 98 valence electrons.